The zero-order valence-corrected chi connectivity index (χ0v) is 21.4. The summed E-state index contributed by atoms with van der Waals surface area (Å²) in [5, 5.41) is 22.5. The molecular formula is C29H25N7S. The Labute approximate surface area is 220 Å². The second-order valence-corrected chi connectivity index (χ2v) is 9.67. The van der Waals surface area contributed by atoms with Crippen LogP contribution in [0.15, 0.2) is 90.2 Å². The lowest BCUT2D eigenvalue weighted by Gasteiger charge is -2.13. The van der Waals surface area contributed by atoms with Crippen LogP contribution < -0.4 is 5.32 Å². The molecule has 0 amide bonds. The number of aromatic nitrogens is 5. The maximum atomic E-state index is 10.0. The maximum Gasteiger partial charge on any atom is 0.190 e. The summed E-state index contributed by atoms with van der Waals surface area (Å²) in [6, 6.07) is 28.4. The Morgan fingerprint density at radius 2 is 1.59 bits per heavy atom. The third kappa shape index (κ3) is 6.02. The predicted octanol–water partition coefficient (Wildman–Crippen LogP) is 6.31. The molecule has 0 saturated heterocycles. The molecule has 3 aromatic carbocycles. The Balaban J connectivity index is 1.40. The van der Waals surface area contributed by atoms with E-state index in [2.05, 4.69) is 52.9 Å². The summed E-state index contributed by atoms with van der Waals surface area (Å²) < 4.78 is 1.83. The lowest BCUT2D eigenvalue weighted by molar-refractivity contribution is 0.649. The average Bonchev–Trinajstić information content (AvgIpc) is 3.37. The minimum Gasteiger partial charge on any atom is -0.339 e. The van der Waals surface area contributed by atoms with Gasteiger partial charge in [-0.2, -0.15) is 5.26 Å². The fourth-order valence-electron chi connectivity index (χ4n) is 3.78. The predicted molar refractivity (Wildman–Crippen MR) is 147 cm³/mol. The number of rotatable bonds is 8. The smallest absolute Gasteiger partial charge is 0.190 e. The number of anilines is 2. The van der Waals surface area contributed by atoms with Crippen molar-refractivity contribution in [2.45, 2.75) is 31.3 Å². The molecular weight excluding hydrogens is 478 g/mol. The SMILES string of the molecule is Cc1ccc(Cn2cc(CSc3nc(Nc4ccc(C)cc4)c(C#N)c(-c4ccccc4)n3)nn2)cc1. The van der Waals surface area contributed by atoms with Crippen molar-refractivity contribution < 1.29 is 0 Å². The molecule has 0 radical (unpaired) electrons. The largest absolute Gasteiger partial charge is 0.339 e. The fraction of sp³-hybridized carbons (Fsp3) is 0.138. The van der Waals surface area contributed by atoms with Crippen molar-refractivity contribution in [1.82, 2.24) is 25.0 Å². The van der Waals surface area contributed by atoms with E-state index >= 15 is 0 Å². The van der Waals surface area contributed by atoms with Crippen LogP contribution in [0.1, 0.15) is 27.9 Å². The van der Waals surface area contributed by atoms with E-state index in [1.165, 1.54) is 22.9 Å². The highest BCUT2D eigenvalue weighted by atomic mass is 32.2. The molecule has 8 heteroatoms. The molecule has 37 heavy (non-hydrogen) atoms. The number of thioether (sulfide) groups is 1. The number of nitriles is 1. The van der Waals surface area contributed by atoms with Crippen LogP contribution in [0.2, 0.25) is 0 Å². The molecule has 0 saturated carbocycles. The highest BCUT2D eigenvalue weighted by Gasteiger charge is 2.17. The van der Waals surface area contributed by atoms with Crippen molar-refractivity contribution in [3.05, 3.63) is 113 Å². The molecule has 182 valence electrons. The quantitative estimate of drug-likeness (QED) is 0.196. The van der Waals surface area contributed by atoms with Gasteiger partial charge in [0.15, 0.2) is 11.0 Å². The van der Waals surface area contributed by atoms with Crippen molar-refractivity contribution in [2.75, 3.05) is 5.32 Å². The van der Waals surface area contributed by atoms with Gasteiger partial charge in [-0.1, -0.05) is 94.8 Å². The van der Waals surface area contributed by atoms with Crippen molar-refractivity contribution in [2.24, 2.45) is 0 Å². The van der Waals surface area contributed by atoms with E-state index in [4.69, 9.17) is 9.97 Å². The molecule has 0 fully saturated rings. The number of nitrogens with zero attached hydrogens (tertiary/aromatic N) is 6. The first-order chi connectivity index (χ1) is 18.1. The second kappa shape index (κ2) is 11.1. The van der Waals surface area contributed by atoms with Gasteiger partial charge in [-0.3, -0.25) is 0 Å². The van der Waals surface area contributed by atoms with Crippen LogP contribution in [-0.4, -0.2) is 25.0 Å². The molecule has 5 aromatic rings. The summed E-state index contributed by atoms with van der Waals surface area (Å²) in [5.74, 6) is 1.03. The molecule has 0 aliphatic heterocycles. The molecule has 0 atom stereocenters. The highest BCUT2D eigenvalue weighted by molar-refractivity contribution is 7.98. The number of aryl methyl sites for hydroxylation is 2. The number of benzene rings is 3. The molecule has 5 rings (SSSR count). The van der Waals surface area contributed by atoms with Crippen molar-refractivity contribution in [1.29, 1.82) is 5.26 Å². The van der Waals surface area contributed by atoms with E-state index in [0.717, 1.165) is 22.5 Å². The van der Waals surface area contributed by atoms with Gasteiger partial charge in [0, 0.05) is 23.2 Å². The fourth-order valence-corrected chi connectivity index (χ4v) is 4.50. The second-order valence-electron chi connectivity index (χ2n) is 8.73. The summed E-state index contributed by atoms with van der Waals surface area (Å²) in [6.45, 7) is 4.77. The Morgan fingerprint density at radius 3 is 2.30 bits per heavy atom. The molecule has 0 aliphatic carbocycles. The third-order valence-electron chi connectivity index (χ3n) is 5.76. The molecule has 7 nitrogen and oxygen atoms in total. The molecule has 0 aliphatic rings. The molecule has 0 spiro atoms. The van der Waals surface area contributed by atoms with Crippen molar-refractivity contribution in [3.63, 3.8) is 0 Å². The Morgan fingerprint density at radius 1 is 0.892 bits per heavy atom. The van der Waals surface area contributed by atoms with Crippen LogP contribution in [0.4, 0.5) is 11.5 Å². The first-order valence-corrected chi connectivity index (χ1v) is 12.8. The molecule has 2 heterocycles. The van der Waals surface area contributed by atoms with Gasteiger partial charge in [0.05, 0.1) is 17.9 Å². The van der Waals surface area contributed by atoms with Gasteiger partial charge in [0.2, 0.25) is 0 Å². The monoisotopic (exact) mass is 503 g/mol. The Bertz CT molecular complexity index is 1540. The van der Waals surface area contributed by atoms with E-state index in [0.29, 0.717) is 34.5 Å². The summed E-state index contributed by atoms with van der Waals surface area (Å²) >= 11 is 1.46. The van der Waals surface area contributed by atoms with E-state index < -0.39 is 0 Å². The summed E-state index contributed by atoms with van der Waals surface area (Å²) in [5.41, 5.74) is 7.11. The van der Waals surface area contributed by atoms with Crippen molar-refractivity contribution >= 4 is 23.3 Å². The number of nitrogens with one attached hydrogen (secondary N) is 1. The zero-order valence-electron chi connectivity index (χ0n) is 20.6. The van der Waals surface area contributed by atoms with E-state index in [9.17, 15) is 5.26 Å². The van der Waals surface area contributed by atoms with Gasteiger partial charge < -0.3 is 5.32 Å². The van der Waals surface area contributed by atoms with Gasteiger partial charge in [-0.05, 0) is 31.5 Å². The number of hydrogen-bond acceptors (Lipinski definition) is 7. The standard InChI is InChI=1S/C29H25N7S/c1-20-8-12-22(13-9-20)17-36-18-25(34-35-36)19-37-29-32-27(23-6-4-3-5-7-23)26(16-30)28(33-29)31-24-14-10-21(2)11-15-24/h3-15,18H,17,19H2,1-2H3,(H,31,32,33). The van der Waals surface area contributed by atoms with Crippen LogP contribution in [0.3, 0.4) is 0 Å². The molecule has 0 bridgehead atoms. The van der Waals surface area contributed by atoms with Crippen LogP contribution in [-0.2, 0) is 12.3 Å². The van der Waals surface area contributed by atoms with Gasteiger partial charge in [0.1, 0.15) is 11.6 Å². The third-order valence-corrected chi connectivity index (χ3v) is 6.64. The first-order valence-electron chi connectivity index (χ1n) is 11.9. The number of hydrogen-bond donors (Lipinski definition) is 1. The molecule has 1 N–H and O–H groups in total. The van der Waals surface area contributed by atoms with Gasteiger partial charge in [-0.15, -0.1) is 5.10 Å². The lowest BCUT2D eigenvalue weighted by atomic mass is 10.1. The van der Waals surface area contributed by atoms with Crippen LogP contribution in [0.5, 0.6) is 0 Å². The Hall–Kier alpha value is -4.48. The summed E-state index contributed by atoms with van der Waals surface area (Å²) in [6.07, 6.45) is 1.94. The van der Waals surface area contributed by atoms with Gasteiger partial charge in [0.25, 0.3) is 0 Å². The van der Waals surface area contributed by atoms with E-state index in [1.54, 1.807) is 0 Å². The molecule has 2 aromatic heterocycles. The Kier molecular flexibility index (Phi) is 7.24. The average molecular weight is 504 g/mol. The van der Waals surface area contributed by atoms with Gasteiger partial charge >= 0.3 is 0 Å². The van der Waals surface area contributed by atoms with Crippen LogP contribution >= 0.6 is 11.8 Å². The summed E-state index contributed by atoms with van der Waals surface area (Å²) in [4.78, 5) is 9.47. The topological polar surface area (TPSA) is 92.3 Å². The van der Waals surface area contributed by atoms with E-state index in [1.807, 2.05) is 72.4 Å². The minimum atomic E-state index is 0.403. The highest BCUT2D eigenvalue weighted by Crippen LogP contribution is 2.31. The van der Waals surface area contributed by atoms with Crippen molar-refractivity contribution in [3.8, 4) is 17.3 Å². The minimum absolute atomic E-state index is 0.403. The maximum absolute atomic E-state index is 10.0. The normalized spacial score (nSPS) is 10.7. The van der Waals surface area contributed by atoms with E-state index in [-0.39, 0.29) is 0 Å². The summed E-state index contributed by atoms with van der Waals surface area (Å²) in [7, 11) is 0. The lowest BCUT2D eigenvalue weighted by Crippen LogP contribution is -2.03. The van der Waals surface area contributed by atoms with Crippen LogP contribution in [0.25, 0.3) is 11.3 Å². The first kappa shape index (κ1) is 24.2. The zero-order chi connectivity index (χ0) is 25.6. The van der Waals surface area contributed by atoms with Gasteiger partial charge in [-0.25, -0.2) is 14.6 Å². The molecule has 0 unspecified atom stereocenters. The van der Waals surface area contributed by atoms with Crippen LogP contribution in [0, 0.1) is 25.2 Å².